The highest BCUT2D eigenvalue weighted by atomic mass is 15.1. The Kier molecular flexibility index (Phi) is 1.88. The average Bonchev–Trinajstić information content (AvgIpc) is 2.45. The molecule has 1 aromatic heterocycles. The molecular formula is C12H16N2. The van der Waals surface area contributed by atoms with Crippen LogP contribution >= 0.6 is 0 Å². The predicted octanol–water partition coefficient (Wildman–Crippen LogP) is 3.17. The van der Waals surface area contributed by atoms with Gasteiger partial charge in [0, 0.05) is 10.8 Å². The first kappa shape index (κ1) is 9.25. The summed E-state index contributed by atoms with van der Waals surface area (Å²) in [7, 11) is 0. The van der Waals surface area contributed by atoms with Crippen LogP contribution in [-0.2, 0) is 5.41 Å². The van der Waals surface area contributed by atoms with Crippen LogP contribution in [0, 0.1) is 6.92 Å². The Morgan fingerprint density at radius 1 is 1.21 bits per heavy atom. The van der Waals surface area contributed by atoms with Crippen molar-refractivity contribution in [2.24, 2.45) is 0 Å². The first-order valence-electron chi connectivity index (χ1n) is 4.94. The number of fused-ring (bicyclic) bond motifs is 1. The SMILES string of the molecule is Cc1ccc2c(C(C)(C)C)n[nH]c2c1. The fourth-order valence-electron chi connectivity index (χ4n) is 1.71. The quantitative estimate of drug-likeness (QED) is 0.676. The minimum atomic E-state index is 0.105. The molecule has 2 heteroatoms. The van der Waals surface area contributed by atoms with E-state index in [2.05, 4.69) is 56.1 Å². The number of aromatic amines is 1. The lowest BCUT2D eigenvalue weighted by Gasteiger charge is -2.15. The molecule has 0 unspecified atom stereocenters. The standard InChI is InChI=1S/C12H16N2/c1-8-5-6-9-10(7-8)13-14-11(9)12(2,3)4/h5-7H,1-4H3,(H,13,14). The Bertz CT molecular complexity index is 461. The van der Waals surface area contributed by atoms with Gasteiger partial charge in [0.2, 0.25) is 0 Å². The lowest BCUT2D eigenvalue weighted by Crippen LogP contribution is -2.11. The third-order valence-electron chi connectivity index (χ3n) is 2.43. The highest BCUT2D eigenvalue weighted by Crippen LogP contribution is 2.27. The Labute approximate surface area is 84.3 Å². The molecule has 0 aliphatic rings. The number of H-pyrrole nitrogens is 1. The molecular weight excluding hydrogens is 172 g/mol. The molecule has 1 N–H and O–H groups in total. The monoisotopic (exact) mass is 188 g/mol. The lowest BCUT2D eigenvalue weighted by molar-refractivity contribution is 0.571. The summed E-state index contributed by atoms with van der Waals surface area (Å²) in [6.07, 6.45) is 0. The number of rotatable bonds is 0. The van der Waals surface area contributed by atoms with E-state index in [0.717, 1.165) is 11.2 Å². The van der Waals surface area contributed by atoms with Crippen LogP contribution in [0.15, 0.2) is 18.2 Å². The van der Waals surface area contributed by atoms with Crippen LogP contribution in [0.1, 0.15) is 32.0 Å². The second kappa shape index (κ2) is 2.84. The molecule has 0 fully saturated rings. The van der Waals surface area contributed by atoms with Crippen molar-refractivity contribution in [3.63, 3.8) is 0 Å². The highest BCUT2D eigenvalue weighted by Gasteiger charge is 2.19. The molecule has 2 nitrogen and oxygen atoms in total. The van der Waals surface area contributed by atoms with Crippen molar-refractivity contribution in [3.8, 4) is 0 Å². The molecule has 1 heterocycles. The van der Waals surface area contributed by atoms with Crippen LogP contribution in [0.3, 0.4) is 0 Å². The van der Waals surface area contributed by atoms with Crippen LogP contribution in [0.25, 0.3) is 10.9 Å². The van der Waals surface area contributed by atoms with Crippen molar-refractivity contribution in [1.82, 2.24) is 10.2 Å². The zero-order valence-electron chi connectivity index (χ0n) is 9.18. The van der Waals surface area contributed by atoms with E-state index in [0.29, 0.717) is 0 Å². The van der Waals surface area contributed by atoms with Gasteiger partial charge in [-0.15, -0.1) is 0 Å². The van der Waals surface area contributed by atoms with Gasteiger partial charge in [-0.1, -0.05) is 32.9 Å². The molecule has 74 valence electrons. The molecule has 0 radical (unpaired) electrons. The first-order valence-corrected chi connectivity index (χ1v) is 4.94. The van der Waals surface area contributed by atoms with E-state index in [1.165, 1.54) is 10.9 Å². The van der Waals surface area contributed by atoms with Gasteiger partial charge in [0.05, 0.1) is 11.2 Å². The normalized spacial score (nSPS) is 12.3. The molecule has 0 aliphatic carbocycles. The third-order valence-corrected chi connectivity index (χ3v) is 2.43. The second-order valence-electron chi connectivity index (χ2n) is 4.87. The average molecular weight is 188 g/mol. The molecule has 0 bridgehead atoms. The molecule has 0 atom stereocenters. The fourth-order valence-corrected chi connectivity index (χ4v) is 1.71. The van der Waals surface area contributed by atoms with Crippen molar-refractivity contribution in [1.29, 1.82) is 0 Å². The van der Waals surface area contributed by atoms with Gasteiger partial charge in [0.1, 0.15) is 0 Å². The molecule has 0 saturated heterocycles. The highest BCUT2D eigenvalue weighted by molar-refractivity contribution is 5.82. The lowest BCUT2D eigenvalue weighted by atomic mass is 9.90. The molecule has 0 saturated carbocycles. The van der Waals surface area contributed by atoms with Crippen LogP contribution in [-0.4, -0.2) is 10.2 Å². The van der Waals surface area contributed by atoms with Gasteiger partial charge in [0.15, 0.2) is 0 Å². The van der Waals surface area contributed by atoms with E-state index in [1.54, 1.807) is 0 Å². The van der Waals surface area contributed by atoms with Crippen LogP contribution in [0.4, 0.5) is 0 Å². The van der Waals surface area contributed by atoms with E-state index in [4.69, 9.17) is 0 Å². The summed E-state index contributed by atoms with van der Waals surface area (Å²) in [6.45, 7) is 8.64. The number of aromatic nitrogens is 2. The number of hydrogen-bond acceptors (Lipinski definition) is 1. The maximum atomic E-state index is 4.38. The van der Waals surface area contributed by atoms with Gasteiger partial charge in [-0.25, -0.2) is 0 Å². The molecule has 0 aliphatic heterocycles. The maximum absolute atomic E-state index is 4.38. The molecule has 0 amide bonds. The Morgan fingerprint density at radius 2 is 1.93 bits per heavy atom. The summed E-state index contributed by atoms with van der Waals surface area (Å²) in [5.41, 5.74) is 3.65. The largest absolute Gasteiger partial charge is 0.278 e. The van der Waals surface area contributed by atoms with Gasteiger partial charge in [-0.3, -0.25) is 5.10 Å². The number of aryl methyl sites for hydroxylation is 1. The summed E-state index contributed by atoms with van der Waals surface area (Å²) in [4.78, 5) is 0. The van der Waals surface area contributed by atoms with Crippen LogP contribution < -0.4 is 0 Å². The zero-order chi connectivity index (χ0) is 10.3. The number of nitrogens with zero attached hydrogens (tertiary/aromatic N) is 1. The minimum Gasteiger partial charge on any atom is -0.278 e. The molecule has 2 aromatic rings. The molecule has 0 spiro atoms. The van der Waals surface area contributed by atoms with Gasteiger partial charge < -0.3 is 0 Å². The predicted molar refractivity (Wildman–Crippen MR) is 59.5 cm³/mol. The number of hydrogen-bond donors (Lipinski definition) is 1. The number of nitrogens with one attached hydrogen (secondary N) is 1. The van der Waals surface area contributed by atoms with E-state index < -0.39 is 0 Å². The number of benzene rings is 1. The van der Waals surface area contributed by atoms with Gasteiger partial charge >= 0.3 is 0 Å². The summed E-state index contributed by atoms with van der Waals surface area (Å²) < 4.78 is 0. The summed E-state index contributed by atoms with van der Waals surface area (Å²) in [6, 6.07) is 6.42. The van der Waals surface area contributed by atoms with E-state index >= 15 is 0 Å². The molecule has 2 rings (SSSR count). The van der Waals surface area contributed by atoms with Gasteiger partial charge in [-0.05, 0) is 18.6 Å². The summed E-state index contributed by atoms with van der Waals surface area (Å²) in [5.74, 6) is 0. The smallest absolute Gasteiger partial charge is 0.0754 e. The van der Waals surface area contributed by atoms with Crippen molar-refractivity contribution in [2.45, 2.75) is 33.1 Å². The maximum Gasteiger partial charge on any atom is 0.0754 e. The zero-order valence-corrected chi connectivity index (χ0v) is 9.18. The van der Waals surface area contributed by atoms with Crippen molar-refractivity contribution in [2.75, 3.05) is 0 Å². The first-order chi connectivity index (χ1) is 6.48. The van der Waals surface area contributed by atoms with Gasteiger partial charge in [0.25, 0.3) is 0 Å². The minimum absolute atomic E-state index is 0.105. The second-order valence-corrected chi connectivity index (χ2v) is 4.87. The summed E-state index contributed by atoms with van der Waals surface area (Å²) in [5, 5.41) is 8.71. The van der Waals surface area contributed by atoms with Crippen LogP contribution in [0.2, 0.25) is 0 Å². The Hall–Kier alpha value is -1.31. The van der Waals surface area contributed by atoms with E-state index in [-0.39, 0.29) is 5.41 Å². The topological polar surface area (TPSA) is 28.7 Å². The van der Waals surface area contributed by atoms with E-state index in [1.807, 2.05) is 0 Å². The third kappa shape index (κ3) is 1.41. The van der Waals surface area contributed by atoms with E-state index in [9.17, 15) is 0 Å². The molecule has 14 heavy (non-hydrogen) atoms. The Balaban J connectivity index is 2.70. The van der Waals surface area contributed by atoms with Crippen molar-refractivity contribution >= 4 is 10.9 Å². The van der Waals surface area contributed by atoms with Gasteiger partial charge in [-0.2, -0.15) is 5.10 Å². The van der Waals surface area contributed by atoms with Crippen molar-refractivity contribution < 1.29 is 0 Å². The van der Waals surface area contributed by atoms with Crippen molar-refractivity contribution in [3.05, 3.63) is 29.5 Å². The van der Waals surface area contributed by atoms with Crippen LogP contribution in [0.5, 0.6) is 0 Å². The summed E-state index contributed by atoms with van der Waals surface area (Å²) >= 11 is 0. The molecule has 1 aromatic carbocycles. The fraction of sp³-hybridized carbons (Fsp3) is 0.417. The Morgan fingerprint density at radius 3 is 2.57 bits per heavy atom.